The maximum atomic E-state index is 13.5. The van der Waals surface area contributed by atoms with Gasteiger partial charge in [-0.05, 0) is 77.3 Å². The number of esters is 1. The zero-order chi connectivity index (χ0) is 26.7. The second-order valence-electron chi connectivity index (χ2n) is 9.78. The lowest BCUT2D eigenvalue weighted by molar-refractivity contribution is -0.156. The number of alkyl carbamates (subject to hydrolysis) is 1. The first-order valence-electron chi connectivity index (χ1n) is 12.1. The third kappa shape index (κ3) is 10.2. The van der Waals surface area contributed by atoms with E-state index in [0.717, 1.165) is 5.56 Å². The van der Waals surface area contributed by atoms with Crippen LogP contribution in [-0.4, -0.2) is 49.6 Å². The summed E-state index contributed by atoms with van der Waals surface area (Å²) in [5.74, 6) is -0.403. The highest BCUT2D eigenvalue weighted by Gasteiger charge is 2.33. The standard InChI is InChI=1S/C28H38FNO6/c1-19(30-27(32)36-28(3,4)5)26(31)34-20(2)25(35-24-10-8-7-9-11-24)22(16-17-33-6)18-21-12-14-23(29)15-13-21/h7-15,19-20,22,25H,16-18H2,1-6H3,(H,30,32)/t19-,20-,22+,25-/m0/s1. The Kier molecular flexibility index (Phi) is 11.2. The van der Waals surface area contributed by atoms with Gasteiger partial charge in [-0.25, -0.2) is 14.0 Å². The first-order valence-corrected chi connectivity index (χ1v) is 12.1. The smallest absolute Gasteiger partial charge is 0.408 e. The van der Waals surface area contributed by atoms with Gasteiger partial charge in [0.15, 0.2) is 0 Å². The molecule has 0 aliphatic heterocycles. The van der Waals surface area contributed by atoms with Crippen LogP contribution in [0.2, 0.25) is 0 Å². The molecule has 0 heterocycles. The summed E-state index contributed by atoms with van der Waals surface area (Å²) >= 11 is 0. The molecule has 0 saturated carbocycles. The SMILES string of the molecule is COCC[C@H](Cc1ccc(F)cc1)[C@@H](Oc1ccccc1)[C@H](C)OC(=O)[C@H](C)NC(=O)OC(C)(C)C. The van der Waals surface area contributed by atoms with Crippen molar-refractivity contribution in [1.29, 1.82) is 0 Å². The number of nitrogens with one attached hydrogen (secondary N) is 1. The molecule has 4 atom stereocenters. The number of benzene rings is 2. The molecular formula is C28H38FNO6. The van der Waals surface area contributed by atoms with Crippen LogP contribution in [0.3, 0.4) is 0 Å². The topological polar surface area (TPSA) is 83.1 Å². The Hall–Kier alpha value is -3.13. The van der Waals surface area contributed by atoms with Crippen LogP contribution in [0.5, 0.6) is 5.75 Å². The number of rotatable bonds is 12. The molecule has 1 amide bonds. The van der Waals surface area contributed by atoms with Gasteiger partial charge >= 0.3 is 12.1 Å². The first kappa shape index (κ1) is 29.1. The van der Waals surface area contributed by atoms with E-state index < -0.39 is 35.9 Å². The molecule has 2 rings (SSSR count). The van der Waals surface area contributed by atoms with Crippen LogP contribution in [-0.2, 0) is 25.4 Å². The monoisotopic (exact) mass is 503 g/mol. The van der Waals surface area contributed by atoms with Gasteiger partial charge in [0.2, 0.25) is 0 Å². The summed E-state index contributed by atoms with van der Waals surface area (Å²) in [6, 6.07) is 14.7. The van der Waals surface area contributed by atoms with Gasteiger partial charge in [0, 0.05) is 19.6 Å². The van der Waals surface area contributed by atoms with Crippen LogP contribution in [0, 0.1) is 11.7 Å². The number of methoxy groups -OCH3 is 1. The summed E-state index contributed by atoms with van der Waals surface area (Å²) < 4.78 is 36.1. The third-order valence-electron chi connectivity index (χ3n) is 5.44. The number of para-hydroxylation sites is 1. The van der Waals surface area contributed by atoms with Crippen molar-refractivity contribution in [2.24, 2.45) is 5.92 Å². The van der Waals surface area contributed by atoms with Crippen molar-refractivity contribution in [3.63, 3.8) is 0 Å². The molecule has 0 aromatic heterocycles. The van der Waals surface area contributed by atoms with E-state index in [-0.39, 0.29) is 11.7 Å². The van der Waals surface area contributed by atoms with Gasteiger partial charge in [0.05, 0.1) is 0 Å². The fourth-order valence-electron chi connectivity index (χ4n) is 3.70. The second kappa shape index (κ2) is 13.8. The van der Waals surface area contributed by atoms with E-state index in [1.54, 1.807) is 46.9 Å². The molecular weight excluding hydrogens is 465 g/mol. The lowest BCUT2D eigenvalue weighted by Crippen LogP contribution is -2.46. The molecule has 8 heteroatoms. The number of carbonyl (C=O) groups is 2. The molecule has 2 aromatic carbocycles. The Morgan fingerprint density at radius 2 is 1.64 bits per heavy atom. The lowest BCUT2D eigenvalue weighted by atomic mass is 9.88. The predicted molar refractivity (Wildman–Crippen MR) is 135 cm³/mol. The van der Waals surface area contributed by atoms with Crippen molar-refractivity contribution >= 4 is 12.1 Å². The predicted octanol–water partition coefficient (Wildman–Crippen LogP) is 5.31. The van der Waals surface area contributed by atoms with E-state index in [4.69, 9.17) is 18.9 Å². The van der Waals surface area contributed by atoms with E-state index in [1.807, 2.05) is 30.3 Å². The zero-order valence-electron chi connectivity index (χ0n) is 22.0. The Balaban J connectivity index is 2.21. The Morgan fingerprint density at radius 1 is 1.00 bits per heavy atom. The lowest BCUT2D eigenvalue weighted by Gasteiger charge is -2.33. The van der Waals surface area contributed by atoms with Crippen LogP contribution in [0.4, 0.5) is 9.18 Å². The number of amides is 1. The number of hydrogen-bond donors (Lipinski definition) is 1. The van der Waals surface area contributed by atoms with E-state index >= 15 is 0 Å². The summed E-state index contributed by atoms with van der Waals surface area (Å²) in [5.41, 5.74) is 0.238. The number of halogens is 1. The van der Waals surface area contributed by atoms with Crippen LogP contribution in [0.15, 0.2) is 54.6 Å². The van der Waals surface area contributed by atoms with Crippen molar-refractivity contribution in [2.45, 2.75) is 71.3 Å². The molecule has 0 aliphatic carbocycles. The van der Waals surface area contributed by atoms with E-state index in [9.17, 15) is 14.0 Å². The quantitative estimate of drug-likeness (QED) is 0.395. The summed E-state index contributed by atoms with van der Waals surface area (Å²) in [4.78, 5) is 24.9. The molecule has 0 bridgehead atoms. The first-order chi connectivity index (χ1) is 17.0. The van der Waals surface area contributed by atoms with E-state index in [1.165, 1.54) is 19.1 Å². The van der Waals surface area contributed by atoms with Crippen molar-refractivity contribution in [3.05, 3.63) is 66.0 Å². The third-order valence-corrected chi connectivity index (χ3v) is 5.44. The molecule has 0 aliphatic rings. The molecule has 0 radical (unpaired) electrons. The highest BCUT2D eigenvalue weighted by atomic mass is 19.1. The minimum Gasteiger partial charge on any atom is -0.486 e. The van der Waals surface area contributed by atoms with Crippen LogP contribution < -0.4 is 10.1 Å². The summed E-state index contributed by atoms with van der Waals surface area (Å²) in [6.45, 7) is 8.99. The molecule has 1 N–H and O–H groups in total. The van der Waals surface area contributed by atoms with Crippen LogP contribution >= 0.6 is 0 Å². The van der Waals surface area contributed by atoms with Crippen LogP contribution in [0.1, 0.15) is 46.6 Å². The molecule has 198 valence electrons. The number of ether oxygens (including phenoxy) is 4. The van der Waals surface area contributed by atoms with Gasteiger partial charge in [-0.1, -0.05) is 30.3 Å². The summed E-state index contributed by atoms with van der Waals surface area (Å²) in [6.07, 6.45) is -0.715. The molecule has 0 saturated heterocycles. The number of hydrogen-bond acceptors (Lipinski definition) is 6. The van der Waals surface area contributed by atoms with E-state index in [0.29, 0.717) is 25.2 Å². The molecule has 2 aromatic rings. The van der Waals surface area contributed by atoms with Gasteiger partial charge in [-0.2, -0.15) is 0 Å². The van der Waals surface area contributed by atoms with Gasteiger partial charge in [0.25, 0.3) is 0 Å². The van der Waals surface area contributed by atoms with Crippen molar-refractivity contribution in [2.75, 3.05) is 13.7 Å². The normalized spacial score (nSPS) is 14.8. The average Bonchev–Trinajstić information content (AvgIpc) is 2.81. The van der Waals surface area contributed by atoms with Crippen LogP contribution in [0.25, 0.3) is 0 Å². The largest absolute Gasteiger partial charge is 0.486 e. The minimum atomic E-state index is -0.922. The van der Waals surface area contributed by atoms with Gasteiger partial charge in [-0.3, -0.25) is 0 Å². The van der Waals surface area contributed by atoms with E-state index in [2.05, 4.69) is 5.32 Å². The van der Waals surface area contributed by atoms with Crippen molar-refractivity contribution < 1.29 is 32.9 Å². The maximum absolute atomic E-state index is 13.5. The maximum Gasteiger partial charge on any atom is 0.408 e. The van der Waals surface area contributed by atoms with Crippen molar-refractivity contribution in [1.82, 2.24) is 5.32 Å². The summed E-state index contributed by atoms with van der Waals surface area (Å²) in [5, 5.41) is 2.51. The Bertz CT molecular complexity index is 945. The number of carbonyl (C=O) groups excluding carboxylic acids is 2. The van der Waals surface area contributed by atoms with Gasteiger partial charge in [0.1, 0.15) is 35.4 Å². The molecule has 36 heavy (non-hydrogen) atoms. The highest BCUT2D eigenvalue weighted by Crippen LogP contribution is 2.26. The average molecular weight is 504 g/mol. The highest BCUT2D eigenvalue weighted by molar-refractivity contribution is 5.81. The van der Waals surface area contributed by atoms with Gasteiger partial charge < -0.3 is 24.3 Å². The minimum absolute atomic E-state index is 0.118. The second-order valence-corrected chi connectivity index (χ2v) is 9.78. The summed E-state index contributed by atoms with van der Waals surface area (Å²) in [7, 11) is 1.62. The fraction of sp³-hybridized carbons (Fsp3) is 0.500. The Morgan fingerprint density at radius 3 is 2.22 bits per heavy atom. The fourth-order valence-corrected chi connectivity index (χ4v) is 3.70. The molecule has 0 unspecified atom stereocenters. The zero-order valence-corrected chi connectivity index (χ0v) is 22.0. The Labute approximate surface area is 213 Å². The molecule has 0 spiro atoms. The van der Waals surface area contributed by atoms with Crippen molar-refractivity contribution in [3.8, 4) is 5.75 Å². The van der Waals surface area contributed by atoms with Gasteiger partial charge in [-0.15, -0.1) is 0 Å². The molecule has 7 nitrogen and oxygen atoms in total. The molecule has 0 fully saturated rings.